The number of ether oxygens (including phenoxy) is 2. The molecule has 8 nitrogen and oxygen atoms in total. The van der Waals surface area contributed by atoms with Crippen molar-refractivity contribution >= 4 is 15.9 Å². The number of rotatable bonds is 4. The van der Waals surface area contributed by atoms with Crippen LogP contribution in [-0.2, 0) is 10.0 Å². The lowest BCUT2D eigenvalue weighted by molar-refractivity contribution is 0.0998. The minimum atomic E-state index is -3.68. The SMILES string of the molecule is NC(=O)c1cc[nH]c1C1CCCN(S(=O)(=O)c2ccc3c(c2)OCCO3)C1. The number of benzene rings is 1. The Bertz CT molecular complexity index is 969. The maximum Gasteiger partial charge on any atom is 0.250 e. The predicted molar refractivity (Wildman–Crippen MR) is 97.5 cm³/mol. The highest BCUT2D eigenvalue weighted by Gasteiger charge is 2.33. The first-order valence-corrected chi connectivity index (χ1v) is 10.3. The van der Waals surface area contributed by atoms with E-state index >= 15 is 0 Å². The Balaban J connectivity index is 1.60. The van der Waals surface area contributed by atoms with Crippen LogP contribution in [0, 0.1) is 0 Å². The fraction of sp³-hybridized carbons (Fsp3) is 0.389. The fourth-order valence-electron chi connectivity index (χ4n) is 3.66. The average molecular weight is 391 g/mol. The van der Waals surface area contributed by atoms with Gasteiger partial charge in [-0.3, -0.25) is 4.79 Å². The highest BCUT2D eigenvalue weighted by molar-refractivity contribution is 7.89. The van der Waals surface area contributed by atoms with E-state index < -0.39 is 15.9 Å². The molecule has 0 saturated carbocycles. The smallest absolute Gasteiger partial charge is 0.250 e. The van der Waals surface area contributed by atoms with Gasteiger partial charge in [-0.15, -0.1) is 0 Å². The van der Waals surface area contributed by atoms with E-state index in [0.29, 0.717) is 48.9 Å². The molecule has 144 valence electrons. The first-order valence-electron chi connectivity index (χ1n) is 8.83. The van der Waals surface area contributed by atoms with Crippen LogP contribution in [-0.4, -0.2) is 49.9 Å². The number of H-pyrrole nitrogens is 1. The molecule has 1 amide bonds. The van der Waals surface area contributed by atoms with Crippen LogP contribution in [0.25, 0.3) is 0 Å². The summed E-state index contributed by atoms with van der Waals surface area (Å²) in [5.41, 5.74) is 6.54. The Morgan fingerprint density at radius 2 is 1.96 bits per heavy atom. The molecular weight excluding hydrogens is 370 g/mol. The third kappa shape index (κ3) is 3.28. The molecule has 2 aromatic rings. The number of hydrogen-bond donors (Lipinski definition) is 2. The lowest BCUT2D eigenvalue weighted by Crippen LogP contribution is -2.39. The monoisotopic (exact) mass is 391 g/mol. The maximum absolute atomic E-state index is 13.1. The summed E-state index contributed by atoms with van der Waals surface area (Å²) in [5.74, 6) is 0.367. The van der Waals surface area contributed by atoms with Crippen molar-refractivity contribution in [2.75, 3.05) is 26.3 Å². The van der Waals surface area contributed by atoms with Crippen LogP contribution in [0.3, 0.4) is 0 Å². The summed E-state index contributed by atoms with van der Waals surface area (Å²) in [6, 6.07) is 6.30. The number of fused-ring (bicyclic) bond motifs is 1. The zero-order valence-corrected chi connectivity index (χ0v) is 15.5. The normalized spacial score (nSPS) is 20.4. The van der Waals surface area contributed by atoms with Crippen LogP contribution in [0.4, 0.5) is 0 Å². The summed E-state index contributed by atoms with van der Waals surface area (Å²) in [4.78, 5) is 14.8. The van der Waals surface area contributed by atoms with Crippen molar-refractivity contribution in [2.45, 2.75) is 23.7 Å². The van der Waals surface area contributed by atoms with Gasteiger partial charge in [0, 0.05) is 37.0 Å². The second-order valence-electron chi connectivity index (χ2n) is 6.68. The fourth-order valence-corrected chi connectivity index (χ4v) is 5.20. The molecule has 1 unspecified atom stereocenters. The minimum Gasteiger partial charge on any atom is -0.486 e. The van der Waals surface area contributed by atoms with Gasteiger partial charge < -0.3 is 20.2 Å². The number of nitrogens with zero attached hydrogens (tertiary/aromatic N) is 1. The molecule has 2 aliphatic rings. The van der Waals surface area contributed by atoms with E-state index in [9.17, 15) is 13.2 Å². The van der Waals surface area contributed by atoms with Crippen LogP contribution in [0.1, 0.15) is 34.8 Å². The van der Waals surface area contributed by atoms with Crippen LogP contribution in [0.15, 0.2) is 35.4 Å². The average Bonchev–Trinajstić information content (AvgIpc) is 3.18. The number of amides is 1. The number of aromatic nitrogens is 1. The van der Waals surface area contributed by atoms with Gasteiger partial charge in [-0.2, -0.15) is 4.31 Å². The highest BCUT2D eigenvalue weighted by atomic mass is 32.2. The van der Waals surface area contributed by atoms with E-state index in [4.69, 9.17) is 15.2 Å². The van der Waals surface area contributed by atoms with Crippen molar-refractivity contribution in [3.05, 3.63) is 41.7 Å². The van der Waals surface area contributed by atoms with Gasteiger partial charge >= 0.3 is 0 Å². The second kappa shape index (κ2) is 6.90. The van der Waals surface area contributed by atoms with E-state index in [1.165, 1.54) is 16.4 Å². The lowest BCUT2D eigenvalue weighted by atomic mass is 9.93. The van der Waals surface area contributed by atoms with Crippen molar-refractivity contribution in [3.63, 3.8) is 0 Å². The summed E-state index contributed by atoms with van der Waals surface area (Å²) < 4.78 is 38.7. The molecule has 1 aromatic heterocycles. The van der Waals surface area contributed by atoms with E-state index in [1.807, 2.05) is 0 Å². The molecule has 0 bridgehead atoms. The van der Waals surface area contributed by atoms with Crippen molar-refractivity contribution in [3.8, 4) is 11.5 Å². The first kappa shape index (κ1) is 17.9. The molecule has 1 atom stereocenters. The molecule has 1 saturated heterocycles. The standard InChI is InChI=1S/C18H21N3O5S/c19-18(22)14-5-6-20-17(14)12-2-1-7-21(11-12)27(23,24)13-3-4-15-16(10-13)26-9-8-25-15/h3-6,10,12,20H,1-2,7-9,11H2,(H2,19,22). The van der Waals surface area contributed by atoms with Crippen LogP contribution >= 0.6 is 0 Å². The van der Waals surface area contributed by atoms with E-state index in [1.54, 1.807) is 18.3 Å². The number of piperidine rings is 1. The molecular formula is C18H21N3O5S. The topological polar surface area (TPSA) is 115 Å². The number of primary amides is 1. The Hall–Kier alpha value is -2.52. The molecule has 0 radical (unpaired) electrons. The largest absolute Gasteiger partial charge is 0.486 e. The lowest BCUT2D eigenvalue weighted by Gasteiger charge is -2.32. The van der Waals surface area contributed by atoms with Gasteiger partial charge in [0.2, 0.25) is 10.0 Å². The third-order valence-corrected chi connectivity index (χ3v) is 6.85. The number of nitrogens with two attached hydrogens (primary N) is 1. The predicted octanol–water partition coefficient (Wildman–Crippen LogP) is 1.45. The molecule has 3 N–H and O–H groups in total. The summed E-state index contributed by atoms with van der Waals surface area (Å²) >= 11 is 0. The number of sulfonamides is 1. The summed E-state index contributed by atoms with van der Waals surface area (Å²) in [5, 5.41) is 0. The van der Waals surface area contributed by atoms with Gasteiger partial charge in [-0.05, 0) is 31.0 Å². The van der Waals surface area contributed by atoms with E-state index in [0.717, 1.165) is 6.42 Å². The molecule has 0 aliphatic carbocycles. The van der Waals surface area contributed by atoms with Gasteiger partial charge in [-0.25, -0.2) is 8.42 Å². The van der Waals surface area contributed by atoms with E-state index in [2.05, 4.69) is 4.98 Å². The number of aromatic amines is 1. The summed E-state index contributed by atoms with van der Waals surface area (Å²) in [7, 11) is -3.68. The molecule has 4 rings (SSSR count). The minimum absolute atomic E-state index is 0.108. The molecule has 9 heteroatoms. The zero-order valence-electron chi connectivity index (χ0n) is 14.7. The third-order valence-electron chi connectivity index (χ3n) is 4.99. The Kier molecular flexibility index (Phi) is 4.56. The van der Waals surface area contributed by atoms with Gasteiger partial charge in [0.1, 0.15) is 13.2 Å². The quantitative estimate of drug-likeness (QED) is 0.819. The molecule has 27 heavy (non-hydrogen) atoms. The first-order chi connectivity index (χ1) is 13.0. The number of hydrogen-bond acceptors (Lipinski definition) is 5. The summed E-state index contributed by atoms with van der Waals surface area (Å²) in [6.45, 7) is 1.56. The highest BCUT2D eigenvalue weighted by Crippen LogP contribution is 2.35. The zero-order chi connectivity index (χ0) is 19.0. The molecule has 3 heterocycles. The second-order valence-corrected chi connectivity index (χ2v) is 8.61. The molecule has 1 aromatic carbocycles. The van der Waals surface area contributed by atoms with Crippen molar-refractivity contribution in [1.29, 1.82) is 0 Å². The number of carbonyl (C=O) groups excluding carboxylic acids is 1. The van der Waals surface area contributed by atoms with Crippen molar-refractivity contribution in [1.82, 2.24) is 9.29 Å². The van der Waals surface area contributed by atoms with Crippen molar-refractivity contribution in [2.24, 2.45) is 5.73 Å². The van der Waals surface area contributed by atoms with E-state index in [-0.39, 0.29) is 17.4 Å². The van der Waals surface area contributed by atoms with Crippen LogP contribution < -0.4 is 15.2 Å². The Morgan fingerprint density at radius 3 is 2.74 bits per heavy atom. The summed E-state index contributed by atoms with van der Waals surface area (Å²) in [6.07, 6.45) is 3.14. The van der Waals surface area contributed by atoms with Gasteiger partial charge in [0.15, 0.2) is 11.5 Å². The van der Waals surface area contributed by atoms with Gasteiger partial charge in [-0.1, -0.05) is 0 Å². The van der Waals surface area contributed by atoms with Crippen LogP contribution in [0.2, 0.25) is 0 Å². The Morgan fingerprint density at radius 1 is 1.19 bits per heavy atom. The van der Waals surface area contributed by atoms with Gasteiger partial charge in [0.25, 0.3) is 5.91 Å². The number of carbonyl (C=O) groups is 1. The van der Waals surface area contributed by atoms with Crippen LogP contribution in [0.5, 0.6) is 11.5 Å². The van der Waals surface area contributed by atoms with Crippen molar-refractivity contribution < 1.29 is 22.7 Å². The molecule has 0 spiro atoms. The van der Waals surface area contributed by atoms with Gasteiger partial charge in [0.05, 0.1) is 10.5 Å². The molecule has 1 fully saturated rings. The molecule has 2 aliphatic heterocycles. The Labute approximate surface area is 157 Å². The maximum atomic E-state index is 13.1. The number of nitrogens with one attached hydrogen (secondary N) is 1.